The Morgan fingerprint density at radius 3 is 3.11 bits per heavy atom. The van der Waals surface area contributed by atoms with Gasteiger partial charge in [0.05, 0.1) is 17.0 Å². The van der Waals surface area contributed by atoms with Gasteiger partial charge in [0.15, 0.2) is 0 Å². The SMILES string of the molecule is O=c1[nH]c(CSc2cccc(F)c2)nc2c1CNC2. The van der Waals surface area contributed by atoms with Crippen molar-refractivity contribution in [2.45, 2.75) is 23.7 Å². The third kappa shape index (κ3) is 2.69. The van der Waals surface area contributed by atoms with Crippen molar-refractivity contribution in [2.24, 2.45) is 0 Å². The number of aromatic amines is 1. The average Bonchev–Trinajstić information content (AvgIpc) is 2.85. The summed E-state index contributed by atoms with van der Waals surface area (Å²) in [6.45, 7) is 1.21. The van der Waals surface area contributed by atoms with Crippen LogP contribution in [0.15, 0.2) is 34.0 Å². The summed E-state index contributed by atoms with van der Waals surface area (Å²) in [5, 5.41) is 3.10. The fourth-order valence-corrected chi connectivity index (χ4v) is 2.82. The zero-order valence-corrected chi connectivity index (χ0v) is 10.9. The molecule has 1 aliphatic heterocycles. The number of thioether (sulfide) groups is 1. The number of hydrogen-bond acceptors (Lipinski definition) is 4. The lowest BCUT2D eigenvalue weighted by molar-refractivity contribution is 0.624. The quantitative estimate of drug-likeness (QED) is 0.840. The fourth-order valence-electron chi connectivity index (χ4n) is 2.01. The van der Waals surface area contributed by atoms with Crippen molar-refractivity contribution in [1.29, 1.82) is 0 Å². The van der Waals surface area contributed by atoms with E-state index in [0.717, 1.165) is 16.2 Å². The third-order valence-electron chi connectivity index (χ3n) is 2.92. The number of H-pyrrole nitrogens is 1. The summed E-state index contributed by atoms with van der Waals surface area (Å²) in [5.74, 6) is 0.887. The smallest absolute Gasteiger partial charge is 0.255 e. The molecule has 0 bridgehead atoms. The van der Waals surface area contributed by atoms with E-state index in [0.29, 0.717) is 24.7 Å². The monoisotopic (exact) mass is 277 g/mol. The van der Waals surface area contributed by atoms with Crippen LogP contribution in [0.25, 0.3) is 0 Å². The maximum Gasteiger partial charge on any atom is 0.255 e. The van der Waals surface area contributed by atoms with Gasteiger partial charge in [-0.2, -0.15) is 0 Å². The Morgan fingerprint density at radius 2 is 2.26 bits per heavy atom. The van der Waals surface area contributed by atoms with Crippen LogP contribution in [0, 0.1) is 5.82 Å². The largest absolute Gasteiger partial charge is 0.310 e. The molecule has 0 saturated heterocycles. The fraction of sp³-hybridized carbons (Fsp3) is 0.231. The summed E-state index contributed by atoms with van der Waals surface area (Å²) in [5.41, 5.74) is 1.46. The Hall–Kier alpha value is -1.66. The Labute approximate surface area is 113 Å². The van der Waals surface area contributed by atoms with Crippen molar-refractivity contribution in [3.8, 4) is 0 Å². The van der Waals surface area contributed by atoms with Gasteiger partial charge < -0.3 is 10.3 Å². The van der Waals surface area contributed by atoms with E-state index >= 15 is 0 Å². The molecule has 98 valence electrons. The van der Waals surface area contributed by atoms with E-state index < -0.39 is 0 Å². The first-order valence-electron chi connectivity index (χ1n) is 5.92. The molecule has 2 aromatic rings. The molecule has 6 heteroatoms. The van der Waals surface area contributed by atoms with Crippen molar-refractivity contribution < 1.29 is 4.39 Å². The lowest BCUT2D eigenvalue weighted by Gasteiger charge is -2.04. The average molecular weight is 277 g/mol. The van der Waals surface area contributed by atoms with E-state index in [-0.39, 0.29) is 11.4 Å². The van der Waals surface area contributed by atoms with Crippen LogP contribution in [0.3, 0.4) is 0 Å². The zero-order chi connectivity index (χ0) is 13.2. The molecule has 0 saturated carbocycles. The number of hydrogen-bond donors (Lipinski definition) is 2. The maximum absolute atomic E-state index is 13.0. The minimum Gasteiger partial charge on any atom is -0.310 e. The number of rotatable bonds is 3. The van der Waals surface area contributed by atoms with Gasteiger partial charge in [-0.3, -0.25) is 4.79 Å². The summed E-state index contributed by atoms with van der Waals surface area (Å²) in [6.07, 6.45) is 0. The summed E-state index contributed by atoms with van der Waals surface area (Å²) in [4.78, 5) is 19.8. The first-order chi connectivity index (χ1) is 9.22. The van der Waals surface area contributed by atoms with Crippen LogP contribution in [-0.4, -0.2) is 9.97 Å². The highest BCUT2D eigenvalue weighted by atomic mass is 32.2. The standard InChI is InChI=1S/C13H12FN3OS/c14-8-2-1-3-9(4-8)19-7-12-16-11-6-15-5-10(11)13(18)17-12/h1-4,15H,5-7H2,(H,16,17,18). The van der Waals surface area contributed by atoms with E-state index in [9.17, 15) is 9.18 Å². The van der Waals surface area contributed by atoms with Crippen molar-refractivity contribution in [1.82, 2.24) is 15.3 Å². The Kier molecular flexibility index (Phi) is 3.35. The highest BCUT2D eigenvalue weighted by Crippen LogP contribution is 2.22. The number of benzene rings is 1. The third-order valence-corrected chi connectivity index (χ3v) is 3.92. The summed E-state index contributed by atoms with van der Waals surface area (Å²) in [7, 11) is 0. The lowest BCUT2D eigenvalue weighted by atomic mass is 10.3. The van der Waals surface area contributed by atoms with Crippen LogP contribution in [0.4, 0.5) is 4.39 Å². The minimum absolute atomic E-state index is 0.0788. The van der Waals surface area contributed by atoms with Crippen LogP contribution < -0.4 is 10.9 Å². The number of aromatic nitrogens is 2. The summed E-state index contributed by atoms with van der Waals surface area (Å²) in [6, 6.07) is 6.38. The van der Waals surface area contributed by atoms with Gasteiger partial charge in [0, 0.05) is 18.0 Å². The van der Waals surface area contributed by atoms with E-state index in [1.807, 2.05) is 6.07 Å². The van der Waals surface area contributed by atoms with Gasteiger partial charge in [0.2, 0.25) is 0 Å². The van der Waals surface area contributed by atoms with Gasteiger partial charge in [0.25, 0.3) is 5.56 Å². The molecule has 1 aromatic carbocycles. The Balaban J connectivity index is 1.77. The van der Waals surface area contributed by atoms with E-state index in [1.54, 1.807) is 6.07 Å². The van der Waals surface area contributed by atoms with Crippen LogP contribution in [0.2, 0.25) is 0 Å². The highest BCUT2D eigenvalue weighted by molar-refractivity contribution is 7.98. The molecule has 2 heterocycles. The van der Waals surface area contributed by atoms with E-state index in [2.05, 4.69) is 15.3 Å². The number of nitrogens with zero attached hydrogens (tertiary/aromatic N) is 1. The predicted octanol–water partition coefficient (Wildman–Crippen LogP) is 1.80. The summed E-state index contributed by atoms with van der Waals surface area (Å²) < 4.78 is 13.0. The second-order valence-corrected chi connectivity index (χ2v) is 5.34. The van der Waals surface area contributed by atoms with Gasteiger partial charge in [-0.1, -0.05) is 6.07 Å². The predicted molar refractivity (Wildman–Crippen MR) is 71.4 cm³/mol. The Bertz CT molecular complexity index is 671. The van der Waals surface area contributed by atoms with Crippen LogP contribution in [0.5, 0.6) is 0 Å². The van der Waals surface area contributed by atoms with Crippen LogP contribution in [0.1, 0.15) is 17.1 Å². The molecule has 0 aliphatic carbocycles. The topological polar surface area (TPSA) is 57.8 Å². The Morgan fingerprint density at radius 1 is 1.37 bits per heavy atom. The molecule has 19 heavy (non-hydrogen) atoms. The lowest BCUT2D eigenvalue weighted by Crippen LogP contribution is -2.17. The van der Waals surface area contributed by atoms with Crippen LogP contribution >= 0.6 is 11.8 Å². The minimum atomic E-state index is -0.260. The van der Waals surface area contributed by atoms with Gasteiger partial charge in [-0.15, -0.1) is 11.8 Å². The van der Waals surface area contributed by atoms with Gasteiger partial charge in [0.1, 0.15) is 11.6 Å². The zero-order valence-electron chi connectivity index (χ0n) is 10.1. The van der Waals surface area contributed by atoms with Gasteiger partial charge in [-0.05, 0) is 18.2 Å². The molecular formula is C13H12FN3OS. The van der Waals surface area contributed by atoms with Crippen molar-refractivity contribution in [3.63, 3.8) is 0 Å². The number of nitrogens with one attached hydrogen (secondary N) is 2. The van der Waals surface area contributed by atoms with Gasteiger partial charge in [-0.25, -0.2) is 9.37 Å². The van der Waals surface area contributed by atoms with Crippen LogP contribution in [-0.2, 0) is 18.8 Å². The molecule has 1 aliphatic rings. The van der Waals surface area contributed by atoms with Crippen molar-refractivity contribution >= 4 is 11.8 Å². The highest BCUT2D eigenvalue weighted by Gasteiger charge is 2.16. The molecule has 0 amide bonds. The van der Waals surface area contributed by atoms with E-state index in [4.69, 9.17) is 0 Å². The first-order valence-corrected chi connectivity index (χ1v) is 6.91. The van der Waals surface area contributed by atoms with Crippen molar-refractivity contribution in [3.05, 3.63) is 57.5 Å². The van der Waals surface area contributed by atoms with Crippen molar-refractivity contribution in [2.75, 3.05) is 0 Å². The molecule has 3 rings (SSSR count). The molecule has 0 unspecified atom stereocenters. The second kappa shape index (κ2) is 5.14. The molecule has 0 atom stereocenters. The number of halogens is 1. The molecule has 0 fully saturated rings. The molecule has 1 aromatic heterocycles. The molecule has 0 radical (unpaired) electrons. The number of fused-ring (bicyclic) bond motifs is 1. The molecule has 4 nitrogen and oxygen atoms in total. The van der Waals surface area contributed by atoms with Gasteiger partial charge >= 0.3 is 0 Å². The normalized spacial score (nSPS) is 13.5. The maximum atomic E-state index is 13.0. The molecule has 2 N–H and O–H groups in total. The molecular weight excluding hydrogens is 265 g/mol. The molecule has 0 spiro atoms. The van der Waals surface area contributed by atoms with E-state index in [1.165, 1.54) is 23.9 Å². The first kappa shape index (κ1) is 12.4. The summed E-state index contributed by atoms with van der Waals surface area (Å²) >= 11 is 1.45. The second-order valence-electron chi connectivity index (χ2n) is 4.29.